The van der Waals surface area contributed by atoms with Gasteiger partial charge in [-0.1, -0.05) is 12.8 Å². The van der Waals surface area contributed by atoms with E-state index in [1.54, 1.807) is 13.8 Å². The van der Waals surface area contributed by atoms with E-state index in [1.165, 1.54) is 12.8 Å². The molecule has 1 aliphatic carbocycles. The van der Waals surface area contributed by atoms with E-state index in [-0.39, 0.29) is 12.5 Å². The second-order valence-corrected chi connectivity index (χ2v) is 4.95. The summed E-state index contributed by atoms with van der Waals surface area (Å²) in [6.07, 6.45) is 3.96. The van der Waals surface area contributed by atoms with Crippen molar-refractivity contribution in [2.24, 2.45) is 11.3 Å². The zero-order valence-corrected chi connectivity index (χ0v) is 9.38. The first-order valence-electron chi connectivity index (χ1n) is 5.42. The molecule has 0 spiro atoms. The predicted octanol–water partition coefficient (Wildman–Crippen LogP) is 1.40. The van der Waals surface area contributed by atoms with E-state index in [9.17, 15) is 9.59 Å². The van der Waals surface area contributed by atoms with Crippen molar-refractivity contribution >= 4 is 11.9 Å². The quantitative estimate of drug-likeness (QED) is 0.701. The van der Waals surface area contributed by atoms with E-state index >= 15 is 0 Å². The first-order valence-corrected chi connectivity index (χ1v) is 5.42. The molecule has 0 saturated heterocycles. The van der Waals surface area contributed by atoms with Gasteiger partial charge in [0.25, 0.3) is 0 Å². The minimum atomic E-state index is -0.884. The number of hydrogen-bond acceptors (Lipinski definition) is 2. The molecular formula is C11H19NO3. The molecule has 1 amide bonds. The Morgan fingerprint density at radius 1 is 1.40 bits per heavy atom. The summed E-state index contributed by atoms with van der Waals surface area (Å²) in [5.41, 5.74) is -0.880. The molecule has 0 aromatic carbocycles. The summed E-state index contributed by atoms with van der Waals surface area (Å²) in [5, 5.41) is 11.5. The van der Waals surface area contributed by atoms with Crippen molar-refractivity contribution in [3.63, 3.8) is 0 Å². The van der Waals surface area contributed by atoms with E-state index < -0.39 is 11.4 Å². The molecule has 0 heterocycles. The van der Waals surface area contributed by atoms with Crippen LogP contribution in [0.25, 0.3) is 0 Å². The van der Waals surface area contributed by atoms with Gasteiger partial charge in [0.2, 0.25) is 5.91 Å². The van der Waals surface area contributed by atoms with Crippen molar-refractivity contribution in [2.75, 3.05) is 6.54 Å². The first kappa shape index (κ1) is 12.0. The van der Waals surface area contributed by atoms with Crippen molar-refractivity contribution in [1.29, 1.82) is 0 Å². The van der Waals surface area contributed by atoms with Gasteiger partial charge in [0, 0.05) is 13.0 Å². The first-order chi connectivity index (χ1) is 6.92. The largest absolute Gasteiger partial charge is 0.481 e. The van der Waals surface area contributed by atoms with Crippen LogP contribution in [0.4, 0.5) is 0 Å². The molecule has 4 heteroatoms. The summed E-state index contributed by atoms with van der Waals surface area (Å²) in [6.45, 7) is 3.42. The zero-order valence-electron chi connectivity index (χ0n) is 9.38. The van der Waals surface area contributed by atoms with Crippen molar-refractivity contribution in [1.82, 2.24) is 5.32 Å². The monoisotopic (exact) mass is 213 g/mol. The fourth-order valence-electron chi connectivity index (χ4n) is 1.23. The normalized spacial score (nSPS) is 16.1. The van der Waals surface area contributed by atoms with Gasteiger partial charge in [-0.25, -0.2) is 0 Å². The van der Waals surface area contributed by atoms with Crippen LogP contribution < -0.4 is 5.32 Å². The van der Waals surface area contributed by atoms with Crippen LogP contribution in [0.2, 0.25) is 0 Å². The predicted molar refractivity (Wildman–Crippen MR) is 56.4 cm³/mol. The van der Waals surface area contributed by atoms with Gasteiger partial charge in [0.15, 0.2) is 0 Å². The molecule has 1 aliphatic rings. The molecule has 0 radical (unpaired) electrons. The summed E-state index contributed by atoms with van der Waals surface area (Å²) in [7, 11) is 0. The molecule has 1 rings (SSSR count). The molecule has 0 bridgehead atoms. The SMILES string of the molecule is CC(C)(CNC(=O)CCC1CC1)C(=O)O. The highest BCUT2D eigenvalue weighted by Gasteiger charge is 2.28. The Hall–Kier alpha value is -1.06. The lowest BCUT2D eigenvalue weighted by Gasteiger charge is -2.19. The Balaban J connectivity index is 2.17. The van der Waals surface area contributed by atoms with Gasteiger partial charge in [-0.15, -0.1) is 0 Å². The number of rotatable bonds is 6. The standard InChI is InChI=1S/C11H19NO3/c1-11(2,10(14)15)7-12-9(13)6-5-8-3-4-8/h8H,3-7H2,1-2H3,(H,12,13)(H,14,15). The maximum atomic E-state index is 11.3. The molecule has 0 aromatic rings. The maximum Gasteiger partial charge on any atom is 0.310 e. The average Bonchev–Trinajstić information content (AvgIpc) is 2.94. The van der Waals surface area contributed by atoms with Gasteiger partial charge in [-0.05, 0) is 26.2 Å². The van der Waals surface area contributed by atoms with Gasteiger partial charge >= 0.3 is 5.97 Å². The fourth-order valence-corrected chi connectivity index (χ4v) is 1.23. The summed E-state index contributed by atoms with van der Waals surface area (Å²) in [6, 6.07) is 0. The number of carboxylic acid groups (broad SMARTS) is 1. The maximum absolute atomic E-state index is 11.3. The lowest BCUT2D eigenvalue weighted by Crippen LogP contribution is -2.38. The van der Waals surface area contributed by atoms with Crippen LogP contribution in [-0.4, -0.2) is 23.5 Å². The number of amides is 1. The topological polar surface area (TPSA) is 66.4 Å². The number of carbonyl (C=O) groups is 2. The van der Waals surface area contributed by atoms with Gasteiger partial charge in [0.1, 0.15) is 0 Å². The second-order valence-electron chi connectivity index (χ2n) is 4.95. The molecule has 4 nitrogen and oxygen atoms in total. The summed E-state index contributed by atoms with van der Waals surface area (Å²) in [4.78, 5) is 22.1. The Bertz CT molecular complexity index is 257. The molecule has 0 unspecified atom stereocenters. The van der Waals surface area contributed by atoms with Crippen LogP contribution in [0.15, 0.2) is 0 Å². The van der Waals surface area contributed by atoms with Crippen LogP contribution in [0.3, 0.4) is 0 Å². The van der Waals surface area contributed by atoms with Crippen molar-refractivity contribution < 1.29 is 14.7 Å². The summed E-state index contributed by atoms with van der Waals surface area (Å²) in [5.74, 6) is -0.176. The van der Waals surface area contributed by atoms with Crippen LogP contribution in [0.5, 0.6) is 0 Å². The highest BCUT2D eigenvalue weighted by molar-refractivity contribution is 5.78. The number of nitrogens with one attached hydrogen (secondary N) is 1. The summed E-state index contributed by atoms with van der Waals surface area (Å²) < 4.78 is 0. The molecular weight excluding hydrogens is 194 g/mol. The molecule has 0 aliphatic heterocycles. The number of carbonyl (C=O) groups excluding carboxylic acids is 1. The van der Waals surface area contributed by atoms with Crippen molar-refractivity contribution in [3.05, 3.63) is 0 Å². The minimum Gasteiger partial charge on any atom is -0.481 e. The van der Waals surface area contributed by atoms with E-state index in [0.717, 1.165) is 12.3 Å². The van der Waals surface area contributed by atoms with Crippen LogP contribution in [-0.2, 0) is 9.59 Å². The third-order valence-electron chi connectivity index (χ3n) is 2.78. The van der Waals surface area contributed by atoms with Crippen LogP contribution in [0.1, 0.15) is 39.5 Å². The van der Waals surface area contributed by atoms with Crippen molar-refractivity contribution in [2.45, 2.75) is 39.5 Å². The van der Waals surface area contributed by atoms with E-state index in [2.05, 4.69) is 5.32 Å². The van der Waals surface area contributed by atoms with Gasteiger partial charge in [-0.2, -0.15) is 0 Å². The van der Waals surface area contributed by atoms with Crippen LogP contribution >= 0.6 is 0 Å². The second kappa shape index (κ2) is 4.64. The van der Waals surface area contributed by atoms with Gasteiger partial charge in [-0.3, -0.25) is 9.59 Å². The Kier molecular flexibility index (Phi) is 3.72. The number of aliphatic carboxylic acids is 1. The highest BCUT2D eigenvalue weighted by atomic mass is 16.4. The minimum absolute atomic E-state index is 0.0313. The lowest BCUT2D eigenvalue weighted by atomic mass is 9.94. The highest BCUT2D eigenvalue weighted by Crippen LogP contribution is 2.33. The molecule has 2 N–H and O–H groups in total. The smallest absolute Gasteiger partial charge is 0.310 e. The summed E-state index contributed by atoms with van der Waals surface area (Å²) >= 11 is 0. The molecule has 15 heavy (non-hydrogen) atoms. The molecule has 86 valence electrons. The Labute approximate surface area is 90.0 Å². The van der Waals surface area contributed by atoms with E-state index in [4.69, 9.17) is 5.11 Å². The number of hydrogen-bond donors (Lipinski definition) is 2. The molecule has 1 saturated carbocycles. The molecule has 0 atom stereocenters. The molecule has 1 fully saturated rings. The number of carboxylic acids is 1. The Morgan fingerprint density at radius 3 is 2.47 bits per heavy atom. The lowest BCUT2D eigenvalue weighted by molar-refractivity contribution is -0.146. The Morgan fingerprint density at radius 2 is 2.00 bits per heavy atom. The fraction of sp³-hybridized carbons (Fsp3) is 0.818. The van der Waals surface area contributed by atoms with Gasteiger partial charge in [0.05, 0.1) is 5.41 Å². The van der Waals surface area contributed by atoms with E-state index in [0.29, 0.717) is 6.42 Å². The zero-order chi connectivity index (χ0) is 11.5. The van der Waals surface area contributed by atoms with Crippen molar-refractivity contribution in [3.8, 4) is 0 Å². The van der Waals surface area contributed by atoms with Crippen LogP contribution in [0, 0.1) is 11.3 Å². The third kappa shape index (κ3) is 4.32. The molecule has 0 aromatic heterocycles. The third-order valence-corrected chi connectivity index (χ3v) is 2.78. The van der Waals surface area contributed by atoms with E-state index in [1.807, 2.05) is 0 Å². The van der Waals surface area contributed by atoms with Gasteiger partial charge < -0.3 is 10.4 Å². The average molecular weight is 213 g/mol.